The van der Waals surface area contributed by atoms with E-state index in [2.05, 4.69) is 24.0 Å². The van der Waals surface area contributed by atoms with Crippen LogP contribution in [0.25, 0.3) is 4.98 Å². The number of benzene rings is 1. The van der Waals surface area contributed by atoms with E-state index in [0.717, 1.165) is 6.42 Å². The Bertz CT molecular complexity index is 486. The number of hydrogen-bond donors (Lipinski definition) is 0. The van der Waals surface area contributed by atoms with Gasteiger partial charge in [0.2, 0.25) is 5.39 Å². The lowest BCUT2D eigenvalue weighted by Gasteiger charge is -2.04. The molecule has 1 aromatic carbocycles. The van der Waals surface area contributed by atoms with Crippen molar-refractivity contribution < 1.29 is 0 Å². The predicted octanol–water partition coefficient (Wildman–Crippen LogP) is 9.76. The lowest BCUT2D eigenvalue weighted by molar-refractivity contribution is 0.525. The molecule has 0 aromatic heterocycles. The number of unbranched alkanes of at least 4 members (excludes halogenated alkanes) is 17. The number of hydrogen-bond acceptors (Lipinski definition) is 1. The molecular weight excluding hydrogens is 340 g/mol. The fourth-order valence-electron chi connectivity index (χ4n) is 3.96. The molecule has 1 rings (SSSR count). The van der Waals surface area contributed by atoms with E-state index in [0.29, 0.717) is 5.69 Å². The molecule has 0 radical (unpaired) electrons. The van der Waals surface area contributed by atoms with E-state index >= 15 is 0 Å². The van der Waals surface area contributed by atoms with Crippen molar-refractivity contribution in [3.05, 3.63) is 34.8 Å². The third kappa shape index (κ3) is 14.7. The molecule has 0 heterocycles. The highest BCUT2D eigenvalue weighted by Crippen LogP contribution is 2.16. The van der Waals surface area contributed by atoms with Gasteiger partial charge in [0.05, 0.1) is 0 Å². The summed E-state index contributed by atoms with van der Waals surface area (Å²) in [6, 6.07) is 7.90. The van der Waals surface area contributed by atoms with Gasteiger partial charge in [-0.05, 0) is 18.4 Å². The molecule has 2 nitrogen and oxygen atoms in total. The molecule has 0 bridgehead atoms. The van der Waals surface area contributed by atoms with Crippen LogP contribution in [0, 0.1) is 5.39 Å². The van der Waals surface area contributed by atoms with Crippen molar-refractivity contribution in [3.63, 3.8) is 0 Å². The molecule has 0 atom stereocenters. The molecule has 0 unspecified atom stereocenters. The SMILES string of the molecule is CCCCCCCCCCCCCCCCCCCCc1ccc([N+]#N)cc1. The number of diazo groups is 1. The molecule has 0 N–H and O–H groups in total. The van der Waals surface area contributed by atoms with Crippen molar-refractivity contribution in [2.75, 3.05) is 0 Å². The zero-order valence-electron chi connectivity index (χ0n) is 18.6. The fraction of sp³-hybridized carbons (Fsp3) is 0.769. The summed E-state index contributed by atoms with van der Waals surface area (Å²) in [7, 11) is 0. The summed E-state index contributed by atoms with van der Waals surface area (Å²) < 4.78 is 0. The monoisotopic (exact) mass is 385 g/mol. The van der Waals surface area contributed by atoms with Gasteiger partial charge in [0, 0.05) is 12.1 Å². The largest absolute Gasteiger partial charge is 0.385 e. The maximum Gasteiger partial charge on any atom is 0.385 e. The molecule has 0 spiro atoms. The summed E-state index contributed by atoms with van der Waals surface area (Å²) in [6.45, 7) is 2.29. The van der Waals surface area contributed by atoms with Crippen molar-refractivity contribution in [1.29, 1.82) is 5.39 Å². The second kappa shape index (κ2) is 19.0. The Balaban J connectivity index is 1.74. The van der Waals surface area contributed by atoms with E-state index < -0.39 is 0 Å². The number of rotatable bonds is 19. The van der Waals surface area contributed by atoms with Crippen LogP contribution in [0.3, 0.4) is 0 Å². The summed E-state index contributed by atoms with van der Waals surface area (Å²) in [6.07, 6.45) is 26.8. The van der Waals surface area contributed by atoms with E-state index in [1.165, 1.54) is 121 Å². The van der Waals surface area contributed by atoms with E-state index in [4.69, 9.17) is 5.39 Å². The molecule has 0 fully saturated rings. The third-order valence-corrected chi connectivity index (χ3v) is 5.87. The van der Waals surface area contributed by atoms with Gasteiger partial charge in [-0.25, -0.2) is 0 Å². The quantitative estimate of drug-likeness (QED) is 0.172. The average Bonchev–Trinajstić information content (AvgIpc) is 2.73. The van der Waals surface area contributed by atoms with Crippen molar-refractivity contribution in [2.24, 2.45) is 0 Å². The Morgan fingerprint density at radius 2 is 0.893 bits per heavy atom. The number of nitrogens with zero attached hydrogens (tertiary/aromatic N) is 2. The standard InChI is InChI=1S/C26H45N2/c1-2-3-4-5-6-7-8-9-10-11-12-13-14-15-16-17-18-19-20-25-21-23-26(28-27)24-22-25/h21-24H,2-20H2,1H3/q+1. The minimum Gasteiger partial charge on any atom is -0.0654 e. The van der Waals surface area contributed by atoms with Crippen LogP contribution >= 0.6 is 0 Å². The van der Waals surface area contributed by atoms with Crippen LogP contribution in [-0.4, -0.2) is 0 Å². The molecular formula is C26H45N2+. The molecule has 2 heteroatoms. The van der Waals surface area contributed by atoms with Gasteiger partial charge in [-0.3, -0.25) is 0 Å². The van der Waals surface area contributed by atoms with Crippen LogP contribution in [0.15, 0.2) is 24.3 Å². The van der Waals surface area contributed by atoms with Crippen LogP contribution in [0.4, 0.5) is 5.69 Å². The van der Waals surface area contributed by atoms with Gasteiger partial charge >= 0.3 is 5.69 Å². The predicted molar refractivity (Wildman–Crippen MR) is 124 cm³/mol. The average molecular weight is 386 g/mol. The first-order valence-electron chi connectivity index (χ1n) is 12.3. The van der Waals surface area contributed by atoms with E-state index in [1.54, 1.807) is 0 Å². The number of aryl methyl sites for hydroxylation is 1. The van der Waals surface area contributed by atoms with Gasteiger partial charge in [0.15, 0.2) is 4.98 Å². The molecule has 1 aromatic rings. The first-order chi connectivity index (χ1) is 13.9. The molecule has 0 aliphatic heterocycles. The highest BCUT2D eigenvalue weighted by atomic mass is 14.8. The Labute approximate surface area is 175 Å². The van der Waals surface area contributed by atoms with Crippen molar-refractivity contribution in [1.82, 2.24) is 0 Å². The van der Waals surface area contributed by atoms with Gasteiger partial charge < -0.3 is 0 Å². The maximum atomic E-state index is 8.69. The molecule has 158 valence electrons. The van der Waals surface area contributed by atoms with Crippen LogP contribution in [-0.2, 0) is 6.42 Å². The van der Waals surface area contributed by atoms with Gasteiger partial charge in [0.1, 0.15) is 0 Å². The highest BCUT2D eigenvalue weighted by molar-refractivity contribution is 5.44. The Kier molecular flexibility index (Phi) is 16.7. The third-order valence-electron chi connectivity index (χ3n) is 5.87. The second-order valence-electron chi connectivity index (χ2n) is 8.53. The van der Waals surface area contributed by atoms with Gasteiger partial charge in [-0.2, -0.15) is 0 Å². The van der Waals surface area contributed by atoms with Crippen molar-refractivity contribution >= 4 is 5.69 Å². The van der Waals surface area contributed by atoms with Gasteiger partial charge in [0.25, 0.3) is 0 Å². The van der Waals surface area contributed by atoms with Gasteiger partial charge in [-0.1, -0.05) is 128 Å². The summed E-state index contributed by atoms with van der Waals surface area (Å²) in [4.78, 5) is 3.20. The second-order valence-corrected chi connectivity index (χ2v) is 8.53. The van der Waals surface area contributed by atoms with Crippen LogP contribution in [0.5, 0.6) is 0 Å². The normalized spacial score (nSPS) is 10.9. The fourth-order valence-corrected chi connectivity index (χ4v) is 3.96. The first-order valence-corrected chi connectivity index (χ1v) is 12.3. The lowest BCUT2D eigenvalue weighted by Crippen LogP contribution is -1.86. The van der Waals surface area contributed by atoms with E-state index in [9.17, 15) is 0 Å². The molecule has 0 saturated carbocycles. The molecule has 28 heavy (non-hydrogen) atoms. The summed E-state index contributed by atoms with van der Waals surface area (Å²) >= 11 is 0. The van der Waals surface area contributed by atoms with Crippen molar-refractivity contribution in [3.8, 4) is 0 Å². The molecule has 0 saturated heterocycles. The van der Waals surface area contributed by atoms with E-state index in [1.807, 2.05) is 12.1 Å². The van der Waals surface area contributed by atoms with Crippen molar-refractivity contribution in [2.45, 2.75) is 129 Å². The minimum atomic E-state index is 0.640. The zero-order chi connectivity index (χ0) is 20.1. The summed E-state index contributed by atoms with van der Waals surface area (Å²) in [5.74, 6) is 0. The molecule has 0 aliphatic rings. The van der Waals surface area contributed by atoms with Gasteiger partial charge in [-0.15, -0.1) is 0 Å². The first kappa shape index (κ1) is 24.7. The van der Waals surface area contributed by atoms with Crippen LogP contribution in [0.2, 0.25) is 0 Å². The minimum absolute atomic E-state index is 0.640. The molecule has 0 aliphatic carbocycles. The zero-order valence-corrected chi connectivity index (χ0v) is 18.6. The lowest BCUT2D eigenvalue weighted by atomic mass is 10.0. The molecule has 0 amide bonds. The smallest absolute Gasteiger partial charge is 0.0654 e. The highest BCUT2D eigenvalue weighted by Gasteiger charge is 2.02. The van der Waals surface area contributed by atoms with E-state index in [-0.39, 0.29) is 0 Å². The van der Waals surface area contributed by atoms with Crippen LogP contribution in [0.1, 0.15) is 128 Å². The van der Waals surface area contributed by atoms with Crippen LogP contribution < -0.4 is 0 Å². The topological polar surface area (TPSA) is 28.1 Å². The Hall–Kier alpha value is -1.36. The Morgan fingerprint density at radius 3 is 1.25 bits per heavy atom. The summed E-state index contributed by atoms with van der Waals surface area (Å²) in [5, 5.41) is 8.69. The maximum absolute atomic E-state index is 8.69. The Morgan fingerprint density at radius 1 is 0.536 bits per heavy atom. The summed E-state index contributed by atoms with van der Waals surface area (Å²) in [5.41, 5.74) is 1.99.